The molecule has 0 spiro atoms. The van der Waals surface area contributed by atoms with Crippen LogP contribution in [0.25, 0.3) is 0 Å². The van der Waals surface area contributed by atoms with Crippen LogP contribution in [0.5, 0.6) is 0 Å². The monoisotopic (exact) mass is 316 g/mol. The van der Waals surface area contributed by atoms with Gasteiger partial charge in [-0.15, -0.1) is 0 Å². The molecular weight excluding hydrogens is 304 g/mol. The third-order valence-electron chi connectivity index (χ3n) is 2.28. The van der Waals surface area contributed by atoms with E-state index in [4.69, 9.17) is 10.5 Å². The van der Waals surface area contributed by atoms with Crippen LogP contribution in [0, 0.1) is 10.1 Å². The molecule has 0 aromatic heterocycles. The van der Waals surface area contributed by atoms with E-state index < -0.39 is 16.9 Å². The maximum atomic E-state index is 11.4. The van der Waals surface area contributed by atoms with Gasteiger partial charge in [-0.1, -0.05) is 22.0 Å². The number of nitro groups is 1. The highest BCUT2D eigenvalue weighted by Gasteiger charge is 2.17. The molecule has 0 aliphatic heterocycles. The Morgan fingerprint density at radius 2 is 2.28 bits per heavy atom. The molecule has 0 heterocycles. The van der Waals surface area contributed by atoms with Crippen molar-refractivity contribution in [2.24, 2.45) is 5.73 Å². The van der Waals surface area contributed by atoms with Crippen LogP contribution >= 0.6 is 15.9 Å². The van der Waals surface area contributed by atoms with Gasteiger partial charge in [0, 0.05) is 16.6 Å². The molecule has 0 amide bonds. The molecule has 0 fully saturated rings. The van der Waals surface area contributed by atoms with Crippen molar-refractivity contribution in [1.82, 2.24) is 0 Å². The standard InChI is InChI=1S/C11H13BrN2O4/c1-2-18-11(15)10(13)5-7-3-4-8(14(16)17)6-9(7)12/h3-4,6,10H,2,5,13H2,1H3. The second-order valence-corrected chi connectivity index (χ2v) is 4.45. The van der Waals surface area contributed by atoms with Crippen molar-refractivity contribution in [1.29, 1.82) is 0 Å². The summed E-state index contributed by atoms with van der Waals surface area (Å²) in [6.07, 6.45) is 0.261. The van der Waals surface area contributed by atoms with E-state index in [0.717, 1.165) is 5.56 Å². The maximum Gasteiger partial charge on any atom is 0.323 e. The van der Waals surface area contributed by atoms with Gasteiger partial charge in [0.2, 0.25) is 0 Å². The smallest absolute Gasteiger partial charge is 0.323 e. The Balaban J connectivity index is 2.79. The van der Waals surface area contributed by atoms with Crippen LogP contribution < -0.4 is 5.73 Å². The van der Waals surface area contributed by atoms with Crippen LogP contribution in [-0.4, -0.2) is 23.5 Å². The number of nitro benzene ring substituents is 1. The minimum Gasteiger partial charge on any atom is -0.465 e. The minimum absolute atomic E-state index is 0.0182. The zero-order valence-corrected chi connectivity index (χ0v) is 11.3. The van der Waals surface area contributed by atoms with Gasteiger partial charge < -0.3 is 10.5 Å². The Kier molecular flexibility index (Phi) is 5.24. The number of hydrogen-bond acceptors (Lipinski definition) is 5. The van der Waals surface area contributed by atoms with Gasteiger partial charge in [-0.05, 0) is 18.9 Å². The number of halogens is 1. The lowest BCUT2D eigenvalue weighted by molar-refractivity contribution is -0.384. The number of rotatable bonds is 5. The Bertz CT molecular complexity index is 464. The van der Waals surface area contributed by atoms with E-state index in [1.54, 1.807) is 13.0 Å². The van der Waals surface area contributed by atoms with Gasteiger partial charge in [-0.3, -0.25) is 14.9 Å². The Morgan fingerprint density at radius 1 is 1.61 bits per heavy atom. The normalized spacial score (nSPS) is 11.9. The molecule has 1 atom stereocenters. The molecule has 0 bridgehead atoms. The molecule has 0 saturated carbocycles. The third kappa shape index (κ3) is 3.78. The van der Waals surface area contributed by atoms with E-state index in [2.05, 4.69) is 15.9 Å². The number of benzene rings is 1. The van der Waals surface area contributed by atoms with Crippen molar-refractivity contribution < 1.29 is 14.5 Å². The van der Waals surface area contributed by atoms with Crippen LogP contribution in [0.1, 0.15) is 12.5 Å². The van der Waals surface area contributed by atoms with Gasteiger partial charge in [0.25, 0.3) is 5.69 Å². The van der Waals surface area contributed by atoms with Crippen molar-refractivity contribution in [3.63, 3.8) is 0 Å². The Labute approximate surface area is 112 Å². The summed E-state index contributed by atoms with van der Waals surface area (Å²) in [6, 6.07) is 3.55. The number of nitrogens with zero attached hydrogens (tertiary/aromatic N) is 1. The average molecular weight is 317 g/mol. The molecule has 0 radical (unpaired) electrons. The molecule has 0 saturated heterocycles. The lowest BCUT2D eigenvalue weighted by atomic mass is 10.1. The molecular formula is C11H13BrN2O4. The van der Waals surface area contributed by atoms with Crippen molar-refractivity contribution in [3.05, 3.63) is 38.3 Å². The minimum atomic E-state index is -0.775. The summed E-state index contributed by atoms with van der Waals surface area (Å²) in [7, 11) is 0. The van der Waals surface area contributed by atoms with Gasteiger partial charge in [-0.2, -0.15) is 0 Å². The Morgan fingerprint density at radius 3 is 2.78 bits per heavy atom. The molecule has 1 rings (SSSR count). The predicted molar refractivity (Wildman–Crippen MR) is 69.1 cm³/mol. The van der Waals surface area contributed by atoms with Gasteiger partial charge >= 0.3 is 5.97 Å². The summed E-state index contributed by atoms with van der Waals surface area (Å²) in [5, 5.41) is 10.6. The second kappa shape index (κ2) is 6.46. The molecule has 18 heavy (non-hydrogen) atoms. The summed E-state index contributed by atoms with van der Waals surface area (Å²) in [6.45, 7) is 1.97. The van der Waals surface area contributed by atoms with E-state index in [-0.39, 0.29) is 18.7 Å². The molecule has 1 unspecified atom stereocenters. The number of esters is 1. The first-order valence-electron chi connectivity index (χ1n) is 5.30. The highest BCUT2D eigenvalue weighted by Crippen LogP contribution is 2.23. The summed E-state index contributed by atoms with van der Waals surface area (Å²) in [5.41, 5.74) is 6.38. The van der Waals surface area contributed by atoms with E-state index in [1.165, 1.54) is 12.1 Å². The summed E-state index contributed by atoms with van der Waals surface area (Å²) >= 11 is 3.22. The molecule has 1 aromatic carbocycles. The third-order valence-corrected chi connectivity index (χ3v) is 3.01. The first-order valence-corrected chi connectivity index (χ1v) is 6.10. The van der Waals surface area contributed by atoms with E-state index in [0.29, 0.717) is 4.47 Å². The van der Waals surface area contributed by atoms with Crippen molar-refractivity contribution in [2.75, 3.05) is 6.61 Å². The number of hydrogen-bond donors (Lipinski definition) is 1. The molecule has 6 nitrogen and oxygen atoms in total. The average Bonchev–Trinajstić information content (AvgIpc) is 2.31. The molecule has 0 aliphatic carbocycles. The van der Waals surface area contributed by atoms with Crippen LogP contribution in [0.3, 0.4) is 0 Å². The SMILES string of the molecule is CCOC(=O)C(N)Cc1ccc([N+](=O)[O-])cc1Br. The number of non-ortho nitro benzene ring substituents is 1. The van der Waals surface area contributed by atoms with Crippen LogP contribution in [0.4, 0.5) is 5.69 Å². The second-order valence-electron chi connectivity index (χ2n) is 3.60. The molecule has 0 aliphatic rings. The van der Waals surface area contributed by atoms with E-state index >= 15 is 0 Å². The van der Waals surface area contributed by atoms with Crippen LogP contribution in [-0.2, 0) is 16.0 Å². The summed E-state index contributed by atoms with van der Waals surface area (Å²) in [5.74, 6) is -0.484. The predicted octanol–water partition coefficient (Wildman–Crippen LogP) is 1.79. The topological polar surface area (TPSA) is 95.5 Å². The largest absolute Gasteiger partial charge is 0.465 e. The highest BCUT2D eigenvalue weighted by molar-refractivity contribution is 9.10. The number of ether oxygens (including phenoxy) is 1. The van der Waals surface area contributed by atoms with Gasteiger partial charge in [0.05, 0.1) is 11.5 Å². The van der Waals surface area contributed by atoms with Gasteiger partial charge in [0.15, 0.2) is 0 Å². The van der Waals surface area contributed by atoms with Crippen molar-refractivity contribution in [2.45, 2.75) is 19.4 Å². The van der Waals surface area contributed by atoms with Gasteiger partial charge in [-0.25, -0.2) is 0 Å². The molecule has 7 heteroatoms. The number of carbonyl (C=O) groups is 1. The first-order chi connectivity index (χ1) is 8.45. The Hall–Kier alpha value is -1.47. The van der Waals surface area contributed by atoms with E-state index in [9.17, 15) is 14.9 Å². The fraction of sp³-hybridized carbons (Fsp3) is 0.364. The molecule has 98 valence electrons. The lowest BCUT2D eigenvalue weighted by Gasteiger charge is -2.11. The van der Waals surface area contributed by atoms with Crippen LogP contribution in [0.2, 0.25) is 0 Å². The number of nitrogens with two attached hydrogens (primary N) is 1. The molecule has 2 N–H and O–H groups in total. The van der Waals surface area contributed by atoms with Gasteiger partial charge in [0.1, 0.15) is 6.04 Å². The quantitative estimate of drug-likeness (QED) is 0.507. The van der Waals surface area contributed by atoms with Crippen molar-refractivity contribution in [3.8, 4) is 0 Å². The van der Waals surface area contributed by atoms with E-state index in [1.807, 2.05) is 0 Å². The first kappa shape index (κ1) is 14.6. The molecule has 1 aromatic rings. The van der Waals surface area contributed by atoms with Crippen molar-refractivity contribution >= 4 is 27.6 Å². The maximum absolute atomic E-state index is 11.4. The summed E-state index contributed by atoms with van der Waals surface area (Å²) < 4.78 is 5.34. The highest BCUT2D eigenvalue weighted by atomic mass is 79.9. The summed E-state index contributed by atoms with van der Waals surface area (Å²) in [4.78, 5) is 21.4. The zero-order chi connectivity index (χ0) is 13.7. The fourth-order valence-corrected chi connectivity index (χ4v) is 1.91. The number of carbonyl (C=O) groups excluding carboxylic acids is 1. The zero-order valence-electron chi connectivity index (χ0n) is 9.76. The van der Waals surface area contributed by atoms with Crippen LogP contribution in [0.15, 0.2) is 22.7 Å². The lowest BCUT2D eigenvalue weighted by Crippen LogP contribution is -2.34. The fourth-order valence-electron chi connectivity index (χ4n) is 1.38.